The zero-order valence-electron chi connectivity index (χ0n) is 18.4. The lowest BCUT2D eigenvalue weighted by Crippen LogP contribution is -2.43. The van der Waals surface area contributed by atoms with Crippen molar-refractivity contribution in [2.45, 2.75) is 65.0 Å². The molecule has 2 unspecified atom stereocenters. The van der Waals surface area contributed by atoms with E-state index < -0.39 is 35.9 Å². The van der Waals surface area contributed by atoms with Crippen molar-refractivity contribution in [3.8, 4) is 0 Å². The Morgan fingerprint density at radius 1 is 1.22 bits per heavy atom. The van der Waals surface area contributed by atoms with Gasteiger partial charge in [-0.3, -0.25) is 24.2 Å². The Labute approximate surface area is 190 Å². The predicted molar refractivity (Wildman–Crippen MR) is 118 cm³/mol. The van der Waals surface area contributed by atoms with Crippen molar-refractivity contribution in [3.05, 3.63) is 16.1 Å². The molecule has 32 heavy (non-hydrogen) atoms. The Balaban J connectivity index is 1.78. The van der Waals surface area contributed by atoms with Crippen LogP contribution in [0.4, 0.5) is 0 Å². The molecule has 2 amide bonds. The average Bonchev–Trinajstić information content (AvgIpc) is 3.39. The molecular formula is C21H28N4O6S. The molecule has 1 aliphatic heterocycles. The molecule has 2 heterocycles. The van der Waals surface area contributed by atoms with Crippen LogP contribution >= 0.6 is 11.3 Å². The maximum atomic E-state index is 12.4. The van der Waals surface area contributed by atoms with Gasteiger partial charge < -0.3 is 15.4 Å². The number of thiazole rings is 1. The van der Waals surface area contributed by atoms with Crippen molar-refractivity contribution in [3.63, 3.8) is 0 Å². The minimum atomic E-state index is -0.783. The topological polar surface area (TPSA) is 144 Å². The summed E-state index contributed by atoms with van der Waals surface area (Å²) >= 11 is 0.973. The van der Waals surface area contributed by atoms with E-state index >= 15 is 0 Å². The summed E-state index contributed by atoms with van der Waals surface area (Å²) in [6.07, 6.45) is 1.72. The van der Waals surface area contributed by atoms with Gasteiger partial charge in [-0.05, 0) is 33.1 Å². The first kappa shape index (κ1) is 25.3. The van der Waals surface area contributed by atoms with Crippen LogP contribution in [0, 0.1) is 0 Å². The maximum Gasteiger partial charge on any atom is 0.367 e. The molecule has 2 rings (SSSR count). The number of nitrogens with zero attached hydrogens (tertiary/aromatic N) is 2. The lowest BCUT2D eigenvalue weighted by molar-refractivity contribution is -0.131. The quantitative estimate of drug-likeness (QED) is 0.271. The van der Waals surface area contributed by atoms with Crippen LogP contribution in [0.3, 0.4) is 0 Å². The Morgan fingerprint density at radius 3 is 2.59 bits per heavy atom. The molecule has 10 nitrogen and oxygen atoms in total. The zero-order valence-corrected chi connectivity index (χ0v) is 19.3. The molecule has 0 saturated heterocycles. The number of aliphatic imine (C=N–C) groups is 1. The molecule has 0 spiro atoms. The maximum absolute atomic E-state index is 12.4. The number of carbonyl (C=O) groups excluding carboxylic acids is 5. The van der Waals surface area contributed by atoms with E-state index in [0.717, 1.165) is 29.9 Å². The van der Waals surface area contributed by atoms with Gasteiger partial charge in [0.15, 0.2) is 5.78 Å². The van der Waals surface area contributed by atoms with Gasteiger partial charge in [-0.2, -0.15) is 0 Å². The number of rotatable bonds is 12. The van der Waals surface area contributed by atoms with Gasteiger partial charge in [0.2, 0.25) is 22.6 Å². The smallest absolute Gasteiger partial charge is 0.367 e. The SMILES string of the molecule is CCOC(=O)c1nc(C(=O)CNC(=O)CC(=O)C(CC)NC(=O)CC2=NC(C)CC2)cs1. The highest BCUT2D eigenvalue weighted by Gasteiger charge is 2.24. The Hall–Kier alpha value is -2.95. The number of esters is 1. The van der Waals surface area contributed by atoms with Gasteiger partial charge in [0.25, 0.3) is 0 Å². The molecular weight excluding hydrogens is 436 g/mol. The monoisotopic (exact) mass is 464 g/mol. The molecule has 1 aromatic heterocycles. The molecule has 0 fully saturated rings. The third-order valence-electron chi connectivity index (χ3n) is 4.77. The molecule has 2 atom stereocenters. The van der Waals surface area contributed by atoms with Crippen molar-refractivity contribution >= 4 is 46.4 Å². The molecule has 0 saturated carbocycles. The number of amides is 2. The van der Waals surface area contributed by atoms with Gasteiger partial charge in [0.05, 0.1) is 32.0 Å². The molecule has 11 heteroatoms. The fraction of sp³-hybridized carbons (Fsp3) is 0.571. The summed E-state index contributed by atoms with van der Waals surface area (Å²) in [5.74, 6) is -2.48. The van der Waals surface area contributed by atoms with Crippen LogP contribution in [0.1, 0.15) is 73.2 Å². The summed E-state index contributed by atoms with van der Waals surface area (Å²) in [6, 6.07) is -0.567. The first-order valence-corrected chi connectivity index (χ1v) is 11.4. The van der Waals surface area contributed by atoms with Crippen molar-refractivity contribution < 1.29 is 28.7 Å². The minimum Gasteiger partial charge on any atom is -0.461 e. The predicted octanol–water partition coefficient (Wildman–Crippen LogP) is 1.49. The highest BCUT2D eigenvalue weighted by atomic mass is 32.1. The van der Waals surface area contributed by atoms with Crippen LogP contribution in [-0.4, -0.2) is 65.3 Å². The summed E-state index contributed by atoms with van der Waals surface area (Å²) in [5.41, 5.74) is 0.856. The fourth-order valence-corrected chi connectivity index (χ4v) is 3.81. The third-order valence-corrected chi connectivity index (χ3v) is 5.59. The Kier molecular flexibility index (Phi) is 9.63. The van der Waals surface area contributed by atoms with E-state index in [1.165, 1.54) is 5.38 Å². The second-order valence-corrected chi connectivity index (χ2v) is 8.25. The molecule has 1 aliphatic rings. The van der Waals surface area contributed by atoms with Crippen LogP contribution in [0.15, 0.2) is 10.4 Å². The third kappa shape index (κ3) is 7.63. The number of hydrogen-bond acceptors (Lipinski definition) is 9. The van der Waals surface area contributed by atoms with Crippen LogP contribution in [0.2, 0.25) is 0 Å². The van der Waals surface area contributed by atoms with Crippen molar-refractivity contribution in [2.75, 3.05) is 13.2 Å². The van der Waals surface area contributed by atoms with Crippen LogP contribution in [0.5, 0.6) is 0 Å². The van der Waals surface area contributed by atoms with Crippen molar-refractivity contribution in [1.29, 1.82) is 0 Å². The van der Waals surface area contributed by atoms with Crippen LogP contribution in [-0.2, 0) is 19.1 Å². The summed E-state index contributed by atoms with van der Waals surface area (Å²) in [6.45, 7) is 5.22. The van der Waals surface area contributed by atoms with E-state index in [1.807, 2.05) is 6.92 Å². The van der Waals surface area contributed by atoms with Gasteiger partial charge >= 0.3 is 5.97 Å². The highest BCUT2D eigenvalue weighted by molar-refractivity contribution is 7.11. The number of nitrogens with one attached hydrogen (secondary N) is 2. The second-order valence-electron chi connectivity index (χ2n) is 7.39. The average molecular weight is 465 g/mol. The van der Waals surface area contributed by atoms with E-state index in [0.29, 0.717) is 6.42 Å². The van der Waals surface area contributed by atoms with Gasteiger partial charge in [0.1, 0.15) is 5.69 Å². The summed E-state index contributed by atoms with van der Waals surface area (Å²) in [4.78, 5) is 68.8. The number of ketones is 2. The molecule has 0 aromatic carbocycles. The number of carbonyl (C=O) groups is 5. The standard InChI is InChI=1S/C21H28N4O6S/c1-4-14(24-19(29)8-13-7-6-12(3)23-13)16(26)9-18(28)22-10-17(27)15-11-32-20(25-15)21(30)31-5-2/h11-12,14H,4-10H2,1-3H3,(H,22,28)(H,24,29). The van der Waals surface area contributed by atoms with E-state index in [9.17, 15) is 24.0 Å². The van der Waals surface area contributed by atoms with Crippen molar-refractivity contribution in [1.82, 2.24) is 15.6 Å². The zero-order chi connectivity index (χ0) is 23.7. The lowest BCUT2D eigenvalue weighted by atomic mass is 10.1. The molecule has 0 radical (unpaired) electrons. The van der Waals surface area contributed by atoms with Gasteiger partial charge in [-0.15, -0.1) is 11.3 Å². The van der Waals surface area contributed by atoms with Gasteiger partial charge in [-0.1, -0.05) is 6.92 Å². The second kappa shape index (κ2) is 12.2. The Morgan fingerprint density at radius 2 is 1.97 bits per heavy atom. The molecule has 0 bridgehead atoms. The summed E-state index contributed by atoms with van der Waals surface area (Å²) in [7, 11) is 0. The summed E-state index contributed by atoms with van der Waals surface area (Å²) in [5, 5.41) is 6.50. The van der Waals surface area contributed by atoms with Gasteiger partial charge in [-0.25, -0.2) is 9.78 Å². The first-order chi connectivity index (χ1) is 15.2. The van der Waals surface area contributed by atoms with E-state index in [-0.39, 0.29) is 42.2 Å². The number of ether oxygens (including phenoxy) is 1. The number of hydrogen-bond donors (Lipinski definition) is 2. The van der Waals surface area contributed by atoms with Crippen molar-refractivity contribution in [2.24, 2.45) is 4.99 Å². The lowest BCUT2D eigenvalue weighted by Gasteiger charge is -2.15. The normalized spacial score (nSPS) is 16.1. The minimum absolute atomic E-state index is 0.0347. The largest absolute Gasteiger partial charge is 0.461 e. The fourth-order valence-electron chi connectivity index (χ4n) is 3.09. The number of aromatic nitrogens is 1. The van der Waals surface area contributed by atoms with E-state index in [1.54, 1.807) is 13.8 Å². The summed E-state index contributed by atoms with van der Waals surface area (Å²) < 4.78 is 4.82. The molecule has 0 aliphatic carbocycles. The Bertz CT molecular complexity index is 910. The highest BCUT2D eigenvalue weighted by Crippen LogP contribution is 2.14. The van der Waals surface area contributed by atoms with E-state index in [4.69, 9.17) is 4.74 Å². The number of Topliss-reactive ketones (excluding diaryl/α,β-unsaturated/α-hetero) is 2. The molecule has 174 valence electrons. The first-order valence-electron chi connectivity index (χ1n) is 10.5. The van der Waals surface area contributed by atoms with Gasteiger partial charge in [0, 0.05) is 17.1 Å². The molecule has 2 N–H and O–H groups in total. The molecule has 1 aromatic rings. The van der Waals surface area contributed by atoms with Crippen LogP contribution in [0.25, 0.3) is 0 Å². The van der Waals surface area contributed by atoms with E-state index in [2.05, 4.69) is 20.6 Å². The van der Waals surface area contributed by atoms with Crippen LogP contribution < -0.4 is 10.6 Å².